The summed E-state index contributed by atoms with van der Waals surface area (Å²) in [5.41, 5.74) is 17.7. The van der Waals surface area contributed by atoms with Crippen molar-refractivity contribution in [2.24, 2.45) is 21.5 Å². The Morgan fingerprint density at radius 2 is 2.20 bits per heavy atom. The molecule has 2 heterocycles. The normalized spacial score (nSPS) is 27.7. The molecule has 3 aliphatic rings. The highest BCUT2D eigenvalue weighted by Crippen LogP contribution is 2.33. The number of rotatable bonds is 4. The molecular weight excluding hydrogens is 411 g/mol. The zero-order valence-electron chi connectivity index (χ0n) is 16.5. The van der Waals surface area contributed by atoms with Gasteiger partial charge in [0.2, 0.25) is 0 Å². The highest BCUT2D eigenvalue weighted by Gasteiger charge is 2.35. The third kappa shape index (κ3) is 3.88. The fourth-order valence-corrected chi connectivity index (χ4v) is 4.10. The molecule has 0 aromatic heterocycles. The van der Waals surface area contributed by atoms with E-state index in [1.54, 1.807) is 13.3 Å². The standard InChI is InChI=1S/C20H24ClFN6O2/c1-30-18-5-4-16-19(26-11-3-2-10(23)6-11)12(9-25-28(16)18)20(24)27-15-8-14(22)17(29)7-13(15)21/h4,7-11,18,25,29H,2-3,5-6,23H2,1H3,(H2,24,27)/t10-,11+,18?/m0/s1. The second kappa shape index (κ2) is 8.25. The Kier molecular flexibility index (Phi) is 5.68. The summed E-state index contributed by atoms with van der Waals surface area (Å²) in [6.07, 6.45) is 6.89. The van der Waals surface area contributed by atoms with E-state index in [1.807, 2.05) is 11.1 Å². The summed E-state index contributed by atoms with van der Waals surface area (Å²) >= 11 is 6.10. The zero-order chi connectivity index (χ0) is 21.4. The molecule has 1 saturated carbocycles. The highest BCUT2D eigenvalue weighted by atomic mass is 35.5. The largest absolute Gasteiger partial charge is 0.505 e. The van der Waals surface area contributed by atoms with Crippen LogP contribution in [-0.4, -0.2) is 47.1 Å². The van der Waals surface area contributed by atoms with Crippen LogP contribution in [0.1, 0.15) is 25.7 Å². The molecule has 10 heteroatoms. The SMILES string of the molecule is COC1CC=C2C(=N[C@@H]3CC[C@H](N)C3)C(C(N)=Nc3cc(F)c(O)cc3Cl)=CNN21. The average molecular weight is 435 g/mol. The van der Waals surface area contributed by atoms with E-state index in [4.69, 9.17) is 32.8 Å². The second-order valence-electron chi connectivity index (χ2n) is 7.53. The Morgan fingerprint density at radius 3 is 2.90 bits per heavy atom. The summed E-state index contributed by atoms with van der Waals surface area (Å²) in [4.78, 5) is 9.25. The molecule has 0 saturated heterocycles. The monoisotopic (exact) mass is 434 g/mol. The molecular formula is C20H24ClFN6O2. The summed E-state index contributed by atoms with van der Waals surface area (Å²) in [5.74, 6) is -1.26. The Balaban J connectivity index is 1.73. The molecule has 3 atom stereocenters. The van der Waals surface area contributed by atoms with Crippen LogP contribution in [0.25, 0.3) is 0 Å². The second-order valence-corrected chi connectivity index (χ2v) is 7.94. The number of nitrogens with one attached hydrogen (secondary N) is 1. The van der Waals surface area contributed by atoms with Crippen molar-refractivity contribution in [3.8, 4) is 5.75 Å². The molecule has 1 unspecified atom stereocenters. The maximum Gasteiger partial charge on any atom is 0.167 e. The maximum absolute atomic E-state index is 13.8. The molecule has 2 aliphatic heterocycles. The fourth-order valence-electron chi connectivity index (χ4n) is 3.90. The average Bonchev–Trinajstić information content (AvgIpc) is 3.32. The molecule has 0 radical (unpaired) electrons. The van der Waals surface area contributed by atoms with E-state index in [-0.39, 0.29) is 34.9 Å². The molecule has 160 valence electrons. The number of aromatic hydroxyl groups is 1. The van der Waals surface area contributed by atoms with Gasteiger partial charge in [0.15, 0.2) is 17.8 Å². The number of nitrogens with zero attached hydrogens (tertiary/aromatic N) is 3. The van der Waals surface area contributed by atoms with Gasteiger partial charge in [-0.25, -0.2) is 9.38 Å². The van der Waals surface area contributed by atoms with Crippen molar-refractivity contribution in [2.45, 2.75) is 44.0 Å². The van der Waals surface area contributed by atoms with Gasteiger partial charge in [-0.1, -0.05) is 17.7 Å². The van der Waals surface area contributed by atoms with Crippen molar-refractivity contribution >= 4 is 28.8 Å². The van der Waals surface area contributed by atoms with E-state index < -0.39 is 11.6 Å². The van der Waals surface area contributed by atoms with Gasteiger partial charge in [-0.2, -0.15) is 0 Å². The number of fused-ring (bicyclic) bond motifs is 1. The lowest BCUT2D eigenvalue weighted by molar-refractivity contribution is -0.0138. The lowest BCUT2D eigenvalue weighted by Crippen LogP contribution is -2.47. The third-order valence-corrected chi connectivity index (χ3v) is 5.77. The van der Waals surface area contributed by atoms with Crippen molar-refractivity contribution in [1.29, 1.82) is 0 Å². The van der Waals surface area contributed by atoms with Crippen LogP contribution in [0.4, 0.5) is 10.1 Å². The topological polar surface area (TPSA) is 121 Å². The van der Waals surface area contributed by atoms with Crippen LogP contribution in [-0.2, 0) is 4.74 Å². The number of allylic oxidation sites excluding steroid dienone is 1. The number of phenolic OH excluding ortho intramolecular Hbond substituents is 1. The first-order chi connectivity index (χ1) is 14.4. The molecule has 8 nitrogen and oxygen atoms in total. The summed E-state index contributed by atoms with van der Waals surface area (Å²) in [7, 11) is 1.65. The molecule has 0 spiro atoms. The minimum Gasteiger partial charge on any atom is -0.505 e. The van der Waals surface area contributed by atoms with Crippen molar-refractivity contribution in [1.82, 2.24) is 10.4 Å². The summed E-state index contributed by atoms with van der Waals surface area (Å²) in [6, 6.07) is 2.36. The number of hydrogen-bond acceptors (Lipinski definition) is 7. The number of nitrogens with two attached hydrogens (primary N) is 2. The number of aliphatic imine (C=N–C) groups is 2. The van der Waals surface area contributed by atoms with E-state index in [0.29, 0.717) is 17.7 Å². The minimum atomic E-state index is -0.830. The van der Waals surface area contributed by atoms with Gasteiger partial charge in [-0.05, 0) is 19.3 Å². The molecule has 6 N–H and O–H groups in total. The van der Waals surface area contributed by atoms with Crippen molar-refractivity contribution in [3.05, 3.63) is 46.5 Å². The zero-order valence-corrected chi connectivity index (χ0v) is 17.2. The third-order valence-electron chi connectivity index (χ3n) is 5.47. The first kappa shape index (κ1) is 20.6. The van der Waals surface area contributed by atoms with Crippen LogP contribution in [0.3, 0.4) is 0 Å². The first-order valence-electron chi connectivity index (χ1n) is 9.72. The lowest BCUT2D eigenvalue weighted by Gasteiger charge is -2.33. The van der Waals surface area contributed by atoms with Gasteiger partial charge >= 0.3 is 0 Å². The van der Waals surface area contributed by atoms with E-state index in [9.17, 15) is 9.50 Å². The van der Waals surface area contributed by atoms with Crippen molar-refractivity contribution < 1.29 is 14.2 Å². The van der Waals surface area contributed by atoms with Crippen molar-refractivity contribution in [3.63, 3.8) is 0 Å². The molecule has 0 amide bonds. The Morgan fingerprint density at radius 1 is 1.40 bits per heavy atom. The van der Waals surface area contributed by atoms with Gasteiger partial charge in [0.25, 0.3) is 0 Å². The van der Waals surface area contributed by atoms with Gasteiger partial charge in [0, 0.05) is 37.9 Å². The van der Waals surface area contributed by atoms with Crippen LogP contribution >= 0.6 is 11.6 Å². The summed E-state index contributed by atoms with van der Waals surface area (Å²) in [6.45, 7) is 0. The molecule has 30 heavy (non-hydrogen) atoms. The number of hydrogen-bond donors (Lipinski definition) is 4. The number of hydrazine groups is 1. The molecule has 1 aliphatic carbocycles. The predicted molar refractivity (Wildman–Crippen MR) is 114 cm³/mol. The predicted octanol–water partition coefficient (Wildman–Crippen LogP) is 2.46. The lowest BCUT2D eigenvalue weighted by atomic mass is 10.0. The van der Waals surface area contributed by atoms with Crippen LogP contribution in [0.5, 0.6) is 5.75 Å². The molecule has 1 fully saturated rings. The van der Waals surface area contributed by atoms with Gasteiger partial charge < -0.3 is 26.7 Å². The van der Waals surface area contributed by atoms with Crippen LogP contribution < -0.4 is 16.9 Å². The Hall–Kier alpha value is -2.62. The van der Waals surface area contributed by atoms with E-state index in [1.165, 1.54) is 0 Å². The van der Waals surface area contributed by atoms with Gasteiger partial charge in [0.1, 0.15) is 5.84 Å². The number of phenols is 1. The van der Waals surface area contributed by atoms with Crippen molar-refractivity contribution in [2.75, 3.05) is 7.11 Å². The fraction of sp³-hybridized carbons (Fsp3) is 0.400. The number of ether oxygens (including phenoxy) is 1. The number of amidine groups is 1. The van der Waals surface area contributed by atoms with Crippen LogP contribution in [0.2, 0.25) is 5.02 Å². The van der Waals surface area contributed by atoms with Gasteiger partial charge in [-0.15, -0.1) is 0 Å². The number of benzene rings is 1. The van der Waals surface area contributed by atoms with E-state index in [2.05, 4.69) is 10.4 Å². The van der Waals surface area contributed by atoms with Crippen LogP contribution in [0.15, 0.2) is 45.7 Å². The Labute approximate surface area is 178 Å². The quantitative estimate of drug-likeness (QED) is 0.426. The summed E-state index contributed by atoms with van der Waals surface area (Å²) < 4.78 is 19.3. The maximum atomic E-state index is 13.8. The van der Waals surface area contributed by atoms with Crippen LogP contribution in [0, 0.1) is 5.82 Å². The van der Waals surface area contributed by atoms with E-state index in [0.717, 1.165) is 37.1 Å². The summed E-state index contributed by atoms with van der Waals surface area (Å²) in [5, 5.41) is 11.4. The molecule has 0 bridgehead atoms. The number of methoxy groups -OCH3 is 1. The van der Waals surface area contributed by atoms with E-state index >= 15 is 0 Å². The Bertz CT molecular complexity index is 976. The molecule has 4 rings (SSSR count). The number of halogens is 2. The smallest absolute Gasteiger partial charge is 0.167 e. The van der Waals surface area contributed by atoms with Gasteiger partial charge in [-0.3, -0.25) is 10.0 Å². The highest BCUT2D eigenvalue weighted by molar-refractivity contribution is 6.34. The molecule has 1 aromatic rings. The van der Waals surface area contributed by atoms with Gasteiger partial charge in [0.05, 0.1) is 33.7 Å². The minimum absolute atomic E-state index is 0.0858. The first-order valence-corrected chi connectivity index (χ1v) is 10.1. The molecule has 1 aromatic carbocycles.